The highest BCUT2D eigenvalue weighted by atomic mass is 16.6. The fourth-order valence-corrected chi connectivity index (χ4v) is 1.41. The smallest absolute Gasteiger partial charge is 0.407 e. The van der Waals surface area contributed by atoms with Crippen LogP contribution in [0.5, 0.6) is 0 Å². The van der Waals surface area contributed by atoms with Crippen LogP contribution in [0.2, 0.25) is 0 Å². The topological polar surface area (TPSA) is 64.6 Å². The SMILES string of the molecule is CC(=O)OC=C1CC(NC(=O)OC(C)(C)C)C1. The van der Waals surface area contributed by atoms with E-state index in [4.69, 9.17) is 9.47 Å². The van der Waals surface area contributed by atoms with Gasteiger partial charge in [-0.05, 0) is 39.2 Å². The Kier molecular flexibility index (Phi) is 4.15. The minimum Gasteiger partial charge on any atom is -0.444 e. The molecule has 17 heavy (non-hydrogen) atoms. The van der Waals surface area contributed by atoms with E-state index in [2.05, 4.69) is 5.32 Å². The van der Waals surface area contributed by atoms with Gasteiger partial charge in [0.1, 0.15) is 5.60 Å². The zero-order chi connectivity index (χ0) is 13.1. The zero-order valence-electron chi connectivity index (χ0n) is 10.7. The van der Waals surface area contributed by atoms with Crippen molar-refractivity contribution in [2.24, 2.45) is 0 Å². The molecule has 1 rings (SSSR count). The molecule has 0 heterocycles. The molecular formula is C12H19NO4. The molecular weight excluding hydrogens is 222 g/mol. The maximum absolute atomic E-state index is 11.4. The molecule has 0 saturated heterocycles. The summed E-state index contributed by atoms with van der Waals surface area (Å²) in [7, 11) is 0. The first-order valence-corrected chi connectivity index (χ1v) is 5.61. The van der Waals surface area contributed by atoms with Crippen LogP contribution in [-0.4, -0.2) is 23.7 Å². The molecule has 0 atom stereocenters. The number of alkyl carbamates (subject to hydrolysis) is 1. The molecule has 1 aliphatic rings. The van der Waals surface area contributed by atoms with Crippen LogP contribution in [0.25, 0.3) is 0 Å². The molecule has 0 spiro atoms. The number of esters is 1. The Morgan fingerprint density at radius 1 is 1.35 bits per heavy atom. The molecule has 0 aromatic carbocycles. The third-order valence-electron chi connectivity index (χ3n) is 2.13. The maximum Gasteiger partial charge on any atom is 0.407 e. The van der Waals surface area contributed by atoms with Gasteiger partial charge < -0.3 is 14.8 Å². The van der Waals surface area contributed by atoms with Gasteiger partial charge in [-0.2, -0.15) is 0 Å². The number of carbonyl (C=O) groups is 2. The number of amides is 1. The van der Waals surface area contributed by atoms with Gasteiger partial charge in [0.05, 0.1) is 6.26 Å². The molecule has 0 aliphatic heterocycles. The van der Waals surface area contributed by atoms with Crippen LogP contribution >= 0.6 is 0 Å². The first kappa shape index (κ1) is 13.5. The van der Waals surface area contributed by atoms with E-state index in [-0.39, 0.29) is 12.0 Å². The third kappa shape index (κ3) is 5.38. The van der Waals surface area contributed by atoms with E-state index in [1.165, 1.54) is 13.2 Å². The van der Waals surface area contributed by atoms with E-state index in [1.807, 2.05) is 20.8 Å². The summed E-state index contributed by atoms with van der Waals surface area (Å²) in [5.74, 6) is -0.332. The van der Waals surface area contributed by atoms with Crippen molar-refractivity contribution in [3.05, 3.63) is 11.8 Å². The number of hydrogen-bond donors (Lipinski definition) is 1. The monoisotopic (exact) mass is 241 g/mol. The number of ether oxygens (including phenoxy) is 2. The number of rotatable bonds is 2. The van der Waals surface area contributed by atoms with Crippen LogP contribution in [0.3, 0.4) is 0 Å². The Bertz CT molecular complexity index is 333. The van der Waals surface area contributed by atoms with E-state index >= 15 is 0 Å². The second-order valence-electron chi connectivity index (χ2n) is 5.14. The molecule has 0 bridgehead atoms. The zero-order valence-corrected chi connectivity index (χ0v) is 10.7. The highest BCUT2D eigenvalue weighted by Gasteiger charge is 2.27. The quantitative estimate of drug-likeness (QED) is 0.594. The van der Waals surface area contributed by atoms with E-state index in [0.29, 0.717) is 12.8 Å². The lowest BCUT2D eigenvalue weighted by atomic mass is 9.87. The van der Waals surface area contributed by atoms with Crippen LogP contribution in [0.15, 0.2) is 11.8 Å². The molecule has 0 unspecified atom stereocenters. The molecule has 5 nitrogen and oxygen atoms in total. The fraction of sp³-hybridized carbons (Fsp3) is 0.667. The minimum absolute atomic E-state index is 0.0756. The van der Waals surface area contributed by atoms with Crippen LogP contribution in [0.4, 0.5) is 4.79 Å². The van der Waals surface area contributed by atoms with Crippen molar-refractivity contribution >= 4 is 12.1 Å². The predicted molar refractivity (Wildman–Crippen MR) is 62.2 cm³/mol. The van der Waals surface area contributed by atoms with E-state index < -0.39 is 11.7 Å². The van der Waals surface area contributed by atoms with Gasteiger partial charge >= 0.3 is 12.1 Å². The molecule has 1 fully saturated rings. The highest BCUT2D eigenvalue weighted by molar-refractivity contribution is 5.68. The van der Waals surface area contributed by atoms with Crippen molar-refractivity contribution in [2.75, 3.05) is 0 Å². The normalized spacial score (nSPS) is 19.1. The van der Waals surface area contributed by atoms with Gasteiger partial charge in [-0.1, -0.05) is 0 Å². The van der Waals surface area contributed by atoms with Crippen LogP contribution < -0.4 is 5.32 Å². The Hall–Kier alpha value is -1.52. The molecule has 0 aromatic heterocycles. The van der Waals surface area contributed by atoms with Gasteiger partial charge in [-0.15, -0.1) is 0 Å². The van der Waals surface area contributed by atoms with Gasteiger partial charge in [0.25, 0.3) is 0 Å². The van der Waals surface area contributed by atoms with Crippen LogP contribution in [0.1, 0.15) is 40.5 Å². The van der Waals surface area contributed by atoms with Crippen molar-refractivity contribution in [1.29, 1.82) is 0 Å². The van der Waals surface area contributed by atoms with Gasteiger partial charge in [-0.3, -0.25) is 4.79 Å². The Morgan fingerprint density at radius 3 is 2.41 bits per heavy atom. The minimum atomic E-state index is -0.482. The molecule has 5 heteroatoms. The summed E-state index contributed by atoms with van der Waals surface area (Å²) in [6.07, 6.45) is 2.45. The molecule has 96 valence electrons. The predicted octanol–water partition coefficient (Wildman–Crippen LogP) is 2.12. The van der Waals surface area contributed by atoms with Crippen molar-refractivity contribution in [3.8, 4) is 0 Å². The van der Waals surface area contributed by atoms with Gasteiger partial charge in [0.15, 0.2) is 0 Å². The Balaban J connectivity index is 2.23. The molecule has 1 saturated carbocycles. The molecule has 0 radical (unpaired) electrons. The Morgan fingerprint density at radius 2 is 1.94 bits per heavy atom. The van der Waals surface area contributed by atoms with Gasteiger partial charge in [0, 0.05) is 13.0 Å². The van der Waals surface area contributed by atoms with E-state index in [0.717, 1.165) is 5.57 Å². The number of hydrogen-bond acceptors (Lipinski definition) is 4. The lowest BCUT2D eigenvalue weighted by Crippen LogP contribution is -2.43. The van der Waals surface area contributed by atoms with Crippen molar-refractivity contribution in [2.45, 2.75) is 52.2 Å². The summed E-state index contributed by atoms with van der Waals surface area (Å²) in [4.78, 5) is 21.9. The summed E-state index contributed by atoms with van der Waals surface area (Å²) < 4.78 is 9.86. The molecule has 1 aliphatic carbocycles. The number of carbonyl (C=O) groups excluding carboxylic acids is 2. The van der Waals surface area contributed by atoms with Crippen LogP contribution in [-0.2, 0) is 14.3 Å². The lowest BCUT2D eigenvalue weighted by Gasteiger charge is -2.30. The van der Waals surface area contributed by atoms with Crippen LogP contribution in [0, 0.1) is 0 Å². The maximum atomic E-state index is 11.4. The van der Waals surface area contributed by atoms with Gasteiger partial charge in [-0.25, -0.2) is 4.79 Å². The average Bonchev–Trinajstić information content (AvgIpc) is 2.04. The van der Waals surface area contributed by atoms with Crippen molar-refractivity contribution in [1.82, 2.24) is 5.32 Å². The summed E-state index contributed by atoms with van der Waals surface area (Å²) in [5.41, 5.74) is 0.533. The van der Waals surface area contributed by atoms with Gasteiger partial charge in [0.2, 0.25) is 0 Å². The lowest BCUT2D eigenvalue weighted by molar-refractivity contribution is -0.135. The van der Waals surface area contributed by atoms with E-state index in [9.17, 15) is 9.59 Å². The second-order valence-corrected chi connectivity index (χ2v) is 5.14. The fourth-order valence-electron chi connectivity index (χ4n) is 1.41. The molecule has 0 aromatic rings. The highest BCUT2D eigenvalue weighted by Crippen LogP contribution is 2.26. The second kappa shape index (κ2) is 5.21. The first-order chi connectivity index (χ1) is 7.76. The standard InChI is InChI=1S/C12H19NO4/c1-8(14)16-7-9-5-10(6-9)13-11(15)17-12(2,3)4/h7,10H,5-6H2,1-4H3,(H,13,15). The van der Waals surface area contributed by atoms with E-state index in [1.54, 1.807) is 0 Å². The molecule has 1 amide bonds. The summed E-state index contributed by atoms with van der Waals surface area (Å²) >= 11 is 0. The molecule has 1 N–H and O–H groups in total. The summed E-state index contributed by atoms with van der Waals surface area (Å²) in [5, 5.41) is 2.75. The van der Waals surface area contributed by atoms with Crippen molar-refractivity contribution < 1.29 is 19.1 Å². The summed E-state index contributed by atoms with van der Waals surface area (Å²) in [6, 6.07) is 0.0756. The first-order valence-electron chi connectivity index (χ1n) is 5.61. The number of nitrogens with one attached hydrogen (secondary N) is 1. The summed E-state index contributed by atoms with van der Waals surface area (Å²) in [6.45, 7) is 6.81. The van der Waals surface area contributed by atoms with Crippen molar-refractivity contribution in [3.63, 3.8) is 0 Å². The largest absolute Gasteiger partial charge is 0.444 e. The average molecular weight is 241 g/mol. The third-order valence-corrected chi connectivity index (χ3v) is 2.13. The Labute approximate surface area is 101 Å².